The van der Waals surface area contributed by atoms with Crippen molar-refractivity contribution < 1.29 is 4.79 Å². The van der Waals surface area contributed by atoms with Gasteiger partial charge < -0.3 is 10.2 Å². The van der Waals surface area contributed by atoms with Gasteiger partial charge in [-0.2, -0.15) is 0 Å². The molecule has 1 aliphatic rings. The van der Waals surface area contributed by atoms with Crippen LogP contribution in [0.3, 0.4) is 0 Å². The maximum absolute atomic E-state index is 12.2. The smallest absolute Gasteiger partial charge is 0.222 e. The number of likely N-dealkylation sites (tertiary alicyclic amines) is 1. The van der Waals surface area contributed by atoms with E-state index in [1.165, 1.54) is 25.7 Å². The molecular weight excluding hydrogens is 248 g/mol. The molecule has 1 heterocycles. The molecule has 1 saturated heterocycles. The largest absolute Gasteiger partial charge is 0.339 e. The molecule has 0 bridgehead atoms. The van der Waals surface area contributed by atoms with E-state index in [0.29, 0.717) is 24.3 Å². The molecule has 1 rings (SSSR count). The first-order chi connectivity index (χ1) is 8.20. The molecule has 2 atom stereocenters. The van der Waals surface area contributed by atoms with Gasteiger partial charge >= 0.3 is 0 Å². The Kier molecular flexibility index (Phi) is 9.47. The van der Waals surface area contributed by atoms with Crippen LogP contribution in [0.2, 0.25) is 0 Å². The lowest BCUT2D eigenvalue weighted by Gasteiger charge is -2.40. The van der Waals surface area contributed by atoms with E-state index in [-0.39, 0.29) is 12.4 Å². The lowest BCUT2D eigenvalue weighted by Crippen LogP contribution is -2.47. The average molecular weight is 277 g/mol. The third-order valence-electron chi connectivity index (χ3n) is 3.84. The van der Waals surface area contributed by atoms with Crippen LogP contribution in [-0.2, 0) is 4.79 Å². The predicted octanol–water partition coefficient (Wildman–Crippen LogP) is 2.84. The van der Waals surface area contributed by atoms with Gasteiger partial charge in [0.1, 0.15) is 0 Å². The molecule has 0 aromatic rings. The lowest BCUT2D eigenvalue weighted by atomic mass is 9.87. The number of hydrogen-bond donors (Lipinski definition) is 1. The highest BCUT2D eigenvalue weighted by molar-refractivity contribution is 5.85. The van der Waals surface area contributed by atoms with Crippen molar-refractivity contribution in [3.8, 4) is 0 Å². The minimum absolute atomic E-state index is 0. The van der Waals surface area contributed by atoms with Crippen LogP contribution in [0.25, 0.3) is 0 Å². The van der Waals surface area contributed by atoms with Gasteiger partial charge in [0.2, 0.25) is 5.91 Å². The quantitative estimate of drug-likeness (QED) is 0.757. The first-order valence-electron chi connectivity index (χ1n) is 7.14. The third-order valence-corrected chi connectivity index (χ3v) is 3.84. The number of carbonyl (C=O) groups is 1. The fourth-order valence-electron chi connectivity index (χ4n) is 2.85. The van der Waals surface area contributed by atoms with E-state index in [2.05, 4.69) is 24.1 Å². The highest BCUT2D eigenvalue weighted by Crippen LogP contribution is 2.27. The van der Waals surface area contributed by atoms with Crippen LogP contribution in [0, 0.1) is 5.92 Å². The van der Waals surface area contributed by atoms with Gasteiger partial charge in [-0.25, -0.2) is 0 Å². The number of nitrogens with one attached hydrogen (secondary N) is 1. The fraction of sp³-hybridized carbons (Fsp3) is 0.929. The van der Waals surface area contributed by atoms with E-state index in [0.717, 1.165) is 19.5 Å². The van der Waals surface area contributed by atoms with E-state index in [4.69, 9.17) is 0 Å². The molecule has 108 valence electrons. The monoisotopic (exact) mass is 276 g/mol. The van der Waals surface area contributed by atoms with Gasteiger partial charge in [0, 0.05) is 19.0 Å². The average Bonchev–Trinajstić information content (AvgIpc) is 2.32. The Hall–Kier alpha value is -0.280. The minimum Gasteiger partial charge on any atom is -0.339 e. The van der Waals surface area contributed by atoms with Crippen molar-refractivity contribution in [1.82, 2.24) is 10.2 Å². The van der Waals surface area contributed by atoms with Crippen molar-refractivity contribution in [2.45, 2.75) is 58.4 Å². The highest BCUT2D eigenvalue weighted by atomic mass is 35.5. The number of hydrogen-bond acceptors (Lipinski definition) is 2. The van der Waals surface area contributed by atoms with Crippen molar-refractivity contribution in [1.29, 1.82) is 0 Å². The Morgan fingerprint density at radius 2 is 2.17 bits per heavy atom. The molecule has 4 heteroatoms. The van der Waals surface area contributed by atoms with Crippen molar-refractivity contribution >= 4 is 18.3 Å². The van der Waals surface area contributed by atoms with Gasteiger partial charge in [-0.05, 0) is 45.2 Å². The SMILES string of the molecule is CCCC1C(C)CCCN1C(=O)CCCNC.Cl. The van der Waals surface area contributed by atoms with Crippen LogP contribution in [-0.4, -0.2) is 37.0 Å². The third kappa shape index (κ3) is 5.15. The molecule has 1 amide bonds. The molecule has 2 unspecified atom stereocenters. The summed E-state index contributed by atoms with van der Waals surface area (Å²) in [6.07, 6.45) is 6.46. The van der Waals surface area contributed by atoms with Crippen LogP contribution < -0.4 is 5.32 Å². The second-order valence-electron chi connectivity index (χ2n) is 5.27. The van der Waals surface area contributed by atoms with E-state index >= 15 is 0 Å². The number of nitrogens with zero attached hydrogens (tertiary/aromatic N) is 1. The van der Waals surface area contributed by atoms with Crippen LogP contribution in [0.15, 0.2) is 0 Å². The second-order valence-corrected chi connectivity index (χ2v) is 5.27. The number of halogens is 1. The topological polar surface area (TPSA) is 32.3 Å². The van der Waals surface area contributed by atoms with E-state index in [9.17, 15) is 4.79 Å². The van der Waals surface area contributed by atoms with Gasteiger partial charge in [0.25, 0.3) is 0 Å². The normalized spacial score (nSPS) is 23.6. The molecule has 0 aromatic carbocycles. The summed E-state index contributed by atoms with van der Waals surface area (Å²) in [6, 6.07) is 0.496. The molecule has 18 heavy (non-hydrogen) atoms. The summed E-state index contributed by atoms with van der Waals surface area (Å²) in [5, 5.41) is 3.10. The molecule has 1 fully saturated rings. The maximum atomic E-state index is 12.2. The molecule has 0 spiro atoms. The van der Waals surface area contributed by atoms with Gasteiger partial charge in [-0.1, -0.05) is 20.3 Å². The Morgan fingerprint density at radius 3 is 2.78 bits per heavy atom. The summed E-state index contributed by atoms with van der Waals surface area (Å²) in [6.45, 7) is 6.43. The Morgan fingerprint density at radius 1 is 1.44 bits per heavy atom. The lowest BCUT2D eigenvalue weighted by molar-refractivity contribution is -0.136. The number of piperidine rings is 1. The maximum Gasteiger partial charge on any atom is 0.222 e. The van der Waals surface area contributed by atoms with Crippen LogP contribution in [0.4, 0.5) is 0 Å². The second kappa shape index (κ2) is 9.62. The first kappa shape index (κ1) is 17.7. The van der Waals surface area contributed by atoms with E-state index < -0.39 is 0 Å². The Labute approximate surface area is 118 Å². The molecule has 1 aliphatic heterocycles. The van der Waals surface area contributed by atoms with Crippen LogP contribution in [0.1, 0.15) is 52.4 Å². The van der Waals surface area contributed by atoms with Gasteiger partial charge in [-0.15, -0.1) is 12.4 Å². The predicted molar refractivity (Wildman–Crippen MR) is 79.2 cm³/mol. The summed E-state index contributed by atoms with van der Waals surface area (Å²) in [5.41, 5.74) is 0. The summed E-state index contributed by atoms with van der Waals surface area (Å²) in [7, 11) is 1.94. The van der Waals surface area contributed by atoms with Crippen molar-refractivity contribution in [3.05, 3.63) is 0 Å². The van der Waals surface area contributed by atoms with Crippen LogP contribution in [0.5, 0.6) is 0 Å². The summed E-state index contributed by atoms with van der Waals surface area (Å²) in [4.78, 5) is 14.4. The Balaban J connectivity index is 0.00000289. The first-order valence-corrected chi connectivity index (χ1v) is 7.14. The van der Waals surface area contributed by atoms with Crippen molar-refractivity contribution in [2.75, 3.05) is 20.1 Å². The summed E-state index contributed by atoms with van der Waals surface area (Å²) < 4.78 is 0. The van der Waals surface area contributed by atoms with E-state index in [1.807, 2.05) is 7.05 Å². The molecule has 0 saturated carbocycles. The van der Waals surface area contributed by atoms with E-state index in [1.54, 1.807) is 0 Å². The zero-order valence-corrected chi connectivity index (χ0v) is 12.9. The zero-order valence-electron chi connectivity index (χ0n) is 12.1. The minimum atomic E-state index is 0. The fourth-order valence-corrected chi connectivity index (χ4v) is 2.85. The molecule has 1 N–H and O–H groups in total. The number of amides is 1. The van der Waals surface area contributed by atoms with Crippen molar-refractivity contribution in [3.63, 3.8) is 0 Å². The zero-order chi connectivity index (χ0) is 12.7. The molecule has 0 aliphatic carbocycles. The Bertz CT molecular complexity index is 236. The molecule has 0 radical (unpaired) electrons. The summed E-state index contributed by atoms with van der Waals surface area (Å²) >= 11 is 0. The molecule has 0 aromatic heterocycles. The van der Waals surface area contributed by atoms with Gasteiger partial charge in [0.05, 0.1) is 0 Å². The summed E-state index contributed by atoms with van der Waals surface area (Å²) in [5.74, 6) is 1.04. The molecular formula is C14H29ClN2O. The van der Waals surface area contributed by atoms with Gasteiger partial charge in [0.15, 0.2) is 0 Å². The van der Waals surface area contributed by atoms with Gasteiger partial charge in [-0.3, -0.25) is 4.79 Å². The number of rotatable bonds is 6. The van der Waals surface area contributed by atoms with Crippen LogP contribution >= 0.6 is 12.4 Å². The molecule has 3 nitrogen and oxygen atoms in total. The number of carbonyl (C=O) groups excluding carboxylic acids is 1. The standard InChI is InChI=1S/C14H28N2O.ClH/c1-4-7-13-12(2)8-6-11-16(13)14(17)9-5-10-15-3;/h12-13,15H,4-11H2,1-3H3;1H. The van der Waals surface area contributed by atoms with Crippen molar-refractivity contribution in [2.24, 2.45) is 5.92 Å². The highest BCUT2D eigenvalue weighted by Gasteiger charge is 2.30.